The van der Waals surface area contributed by atoms with Crippen LogP contribution in [0.25, 0.3) is 0 Å². The maximum Gasteiger partial charge on any atom is 0.205 e. The molecule has 0 spiro atoms. The van der Waals surface area contributed by atoms with Crippen molar-refractivity contribution in [3.05, 3.63) is 113 Å². The second-order valence-corrected chi connectivity index (χ2v) is 11.8. The molecule has 4 rings (SSSR count). The summed E-state index contributed by atoms with van der Waals surface area (Å²) in [4.78, 5) is 0.352. The molecule has 1 aliphatic heterocycles. The molecule has 3 aromatic carbocycles. The fourth-order valence-electron chi connectivity index (χ4n) is 4.61. The normalized spacial score (nSPS) is 23.3. The molecule has 41 heavy (non-hydrogen) atoms. The highest BCUT2D eigenvalue weighted by molar-refractivity contribution is 7.95. The number of allylic oxidation sites excluding steroid dienone is 1. The number of aliphatic hydroxyl groups excluding tert-OH is 1. The van der Waals surface area contributed by atoms with Crippen LogP contribution in [-0.2, 0) is 46.7 Å². The first-order valence-electron chi connectivity index (χ1n) is 13.7. The van der Waals surface area contributed by atoms with Crippen LogP contribution < -0.4 is 0 Å². The number of methoxy groups -OCH3 is 1. The standard InChI is InChI=1S/C32H38O8S/c1-3-13-27(41(34,35)26-18-11-6-12-19-26)22-37-23-28-29(33)30(38-20-24-14-7-4-8-15-24)31(32(36-2)40-28)39-21-25-16-9-5-10-17-25/h4-12,14-19,22,28-33H,3,13,20-21,23H2,1-2H3/b27-22+/t28-,29-,30+,31-,32+/m1/s1. The molecule has 1 N–H and O–H groups in total. The van der Waals surface area contributed by atoms with Gasteiger partial charge in [0.15, 0.2) is 6.29 Å². The fourth-order valence-corrected chi connectivity index (χ4v) is 6.09. The minimum atomic E-state index is -3.72. The minimum Gasteiger partial charge on any atom is -0.497 e. The SMILES string of the molecule is CCC/C(=C\OC[C@H]1O[C@H](OC)[C@H](OCc2ccccc2)[C@@H](OCc2ccccc2)[C@@H]1O)S(=O)(=O)c1ccccc1. The Balaban J connectivity index is 1.50. The molecule has 3 aromatic rings. The molecule has 0 aromatic heterocycles. The lowest BCUT2D eigenvalue weighted by Gasteiger charge is -2.43. The first-order valence-corrected chi connectivity index (χ1v) is 15.2. The number of rotatable bonds is 14. The Bertz CT molecular complexity index is 1320. The first kappa shape index (κ1) is 30.9. The largest absolute Gasteiger partial charge is 0.497 e. The van der Waals surface area contributed by atoms with Crippen molar-refractivity contribution in [3.63, 3.8) is 0 Å². The number of sulfone groups is 1. The molecule has 0 bridgehead atoms. The zero-order valence-electron chi connectivity index (χ0n) is 23.4. The van der Waals surface area contributed by atoms with E-state index in [4.69, 9.17) is 23.7 Å². The summed E-state index contributed by atoms with van der Waals surface area (Å²) in [6.45, 7) is 2.30. The molecule has 5 atom stereocenters. The van der Waals surface area contributed by atoms with Gasteiger partial charge in [0.2, 0.25) is 9.84 Å². The minimum absolute atomic E-state index is 0.116. The number of benzene rings is 3. The van der Waals surface area contributed by atoms with E-state index in [1.807, 2.05) is 67.6 Å². The zero-order valence-corrected chi connectivity index (χ0v) is 24.2. The van der Waals surface area contributed by atoms with Crippen LogP contribution in [0, 0.1) is 0 Å². The van der Waals surface area contributed by atoms with E-state index in [1.165, 1.54) is 13.4 Å². The fraction of sp³-hybridized carbons (Fsp3) is 0.375. The predicted octanol–water partition coefficient (Wildman–Crippen LogP) is 5.02. The Hall–Kier alpha value is -3.05. The van der Waals surface area contributed by atoms with Crippen LogP contribution >= 0.6 is 0 Å². The van der Waals surface area contributed by atoms with Crippen molar-refractivity contribution in [2.75, 3.05) is 13.7 Å². The van der Waals surface area contributed by atoms with Gasteiger partial charge in [0.05, 0.1) is 29.3 Å². The Morgan fingerprint density at radius 2 is 1.39 bits per heavy atom. The van der Waals surface area contributed by atoms with Crippen LogP contribution in [0.2, 0.25) is 0 Å². The van der Waals surface area contributed by atoms with Gasteiger partial charge in [-0.3, -0.25) is 0 Å². The van der Waals surface area contributed by atoms with E-state index >= 15 is 0 Å². The van der Waals surface area contributed by atoms with Gasteiger partial charge in [0.25, 0.3) is 0 Å². The van der Waals surface area contributed by atoms with Gasteiger partial charge in [-0.2, -0.15) is 0 Å². The summed E-state index contributed by atoms with van der Waals surface area (Å²) in [5.74, 6) is 0. The monoisotopic (exact) mass is 582 g/mol. The summed E-state index contributed by atoms with van der Waals surface area (Å²) in [7, 11) is -2.23. The summed E-state index contributed by atoms with van der Waals surface area (Å²) < 4.78 is 56.2. The zero-order chi connectivity index (χ0) is 29.1. The third-order valence-electron chi connectivity index (χ3n) is 6.79. The molecule has 0 unspecified atom stereocenters. The molecule has 0 amide bonds. The lowest BCUT2D eigenvalue weighted by molar-refractivity contribution is -0.314. The van der Waals surface area contributed by atoms with Crippen molar-refractivity contribution < 1.29 is 37.2 Å². The summed E-state index contributed by atoms with van der Waals surface area (Å²) in [6.07, 6.45) is -2.23. The highest BCUT2D eigenvalue weighted by Gasteiger charge is 2.47. The van der Waals surface area contributed by atoms with E-state index in [-0.39, 0.29) is 29.6 Å². The van der Waals surface area contributed by atoms with Crippen LogP contribution in [0.4, 0.5) is 0 Å². The van der Waals surface area contributed by atoms with Crippen molar-refractivity contribution in [2.24, 2.45) is 0 Å². The van der Waals surface area contributed by atoms with Crippen molar-refractivity contribution >= 4 is 9.84 Å². The molecule has 8 nitrogen and oxygen atoms in total. The quantitative estimate of drug-likeness (QED) is 0.265. The highest BCUT2D eigenvalue weighted by Crippen LogP contribution is 2.29. The average Bonchev–Trinajstić information content (AvgIpc) is 3.01. The lowest BCUT2D eigenvalue weighted by Crippen LogP contribution is -2.60. The smallest absolute Gasteiger partial charge is 0.205 e. The van der Waals surface area contributed by atoms with Crippen molar-refractivity contribution in [1.29, 1.82) is 0 Å². The Morgan fingerprint density at radius 3 is 1.93 bits per heavy atom. The lowest BCUT2D eigenvalue weighted by atomic mass is 9.98. The summed E-state index contributed by atoms with van der Waals surface area (Å²) in [5.41, 5.74) is 1.89. The first-order chi connectivity index (χ1) is 19.9. The Labute approximate surface area is 242 Å². The highest BCUT2D eigenvalue weighted by atomic mass is 32.2. The van der Waals surface area contributed by atoms with Gasteiger partial charge in [-0.05, 0) is 29.7 Å². The van der Waals surface area contributed by atoms with E-state index < -0.39 is 40.5 Å². The van der Waals surface area contributed by atoms with Crippen LogP contribution in [-0.4, -0.2) is 57.9 Å². The second kappa shape index (κ2) is 15.3. The van der Waals surface area contributed by atoms with Crippen LogP contribution in [0.1, 0.15) is 30.9 Å². The maximum atomic E-state index is 13.2. The summed E-state index contributed by atoms with van der Waals surface area (Å²) in [6, 6.07) is 27.5. The van der Waals surface area contributed by atoms with E-state index in [0.717, 1.165) is 11.1 Å². The molecule has 1 aliphatic rings. The van der Waals surface area contributed by atoms with Gasteiger partial charge >= 0.3 is 0 Å². The molecule has 1 heterocycles. The maximum absolute atomic E-state index is 13.2. The molecular formula is C32H38O8S. The molecule has 0 aliphatic carbocycles. The van der Waals surface area contributed by atoms with Crippen LogP contribution in [0.5, 0.6) is 0 Å². The molecule has 9 heteroatoms. The number of hydrogen-bond acceptors (Lipinski definition) is 8. The van der Waals surface area contributed by atoms with Crippen molar-refractivity contribution in [2.45, 2.75) is 68.6 Å². The topological polar surface area (TPSA) is 101 Å². The molecule has 0 radical (unpaired) electrons. The number of ether oxygens (including phenoxy) is 5. The van der Waals surface area contributed by atoms with Gasteiger partial charge in [-0.1, -0.05) is 92.2 Å². The van der Waals surface area contributed by atoms with Gasteiger partial charge in [-0.25, -0.2) is 8.42 Å². The van der Waals surface area contributed by atoms with E-state index in [9.17, 15) is 13.5 Å². The second-order valence-electron chi connectivity index (χ2n) is 9.78. The van der Waals surface area contributed by atoms with Gasteiger partial charge < -0.3 is 28.8 Å². The molecule has 1 saturated heterocycles. The van der Waals surface area contributed by atoms with Crippen molar-refractivity contribution in [3.8, 4) is 0 Å². The molecule has 220 valence electrons. The van der Waals surface area contributed by atoms with Crippen LogP contribution in [0.15, 0.2) is 107 Å². The number of hydrogen-bond donors (Lipinski definition) is 1. The van der Waals surface area contributed by atoms with Gasteiger partial charge in [-0.15, -0.1) is 0 Å². The van der Waals surface area contributed by atoms with Gasteiger partial charge in [0, 0.05) is 7.11 Å². The van der Waals surface area contributed by atoms with E-state index in [0.29, 0.717) is 12.8 Å². The van der Waals surface area contributed by atoms with E-state index in [2.05, 4.69) is 0 Å². The molecule has 1 fully saturated rings. The molecule has 0 saturated carbocycles. The Morgan fingerprint density at radius 1 is 0.854 bits per heavy atom. The third-order valence-corrected chi connectivity index (χ3v) is 8.68. The number of aliphatic hydroxyl groups is 1. The third kappa shape index (κ3) is 8.25. The van der Waals surface area contributed by atoms with Crippen molar-refractivity contribution in [1.82, 2.24) is 0 Å². The summed E-state index contributed by atoms with van der Waals surface area (Å²) in [5, 5.41) is 11.4. The van der Waals surface area contributed by atoms with Crippen LogP contribution in [0.3, 0.4) is 0 Å². The average molecular weight is 583 g/mol. The van der Waals surface area contributed by atoms with E-state index in [1.54, 1.807) is 30.3 Å². The molecular weight excluding hydrogens is 544 g/mol. The predicted molar refractivity (Wildman–Crippen MR) is 154 cm³/mol. The summed E-state index contributed by atoms with van der Waals surface area (Å²) >= 11 is 0. The Kier molecular flexibility index (Phi) is 11.5. The van der Waals surface area contributed by atoms with Gasteiger partial charge in [0.1, 0.15) is 31.0 Å².